The molecule has 124 valence electrons. The molecule has 9 heteroatoms. The summed E-state index contributed by atoms with van der Waals surface area (Å²) in [5.41, 5.74) is 0.637. The summed E-state index contributed by atoms with van der Waals surface area (Å²) in [6.45, 7) is 0.937. The number of aromatic carboxylic acids is 1. The number of nitrogens with one attached hydrogen (secondary N) is 1. The second-order valence-electron chi connectivity index (χ2n) is 4.48. The molecule has 1 heterocycles. The SMILES string of the molecule is COc1ccc(NCCn2cc(C(=O)O)nn2)c(OC)c1OC. The van der Waals surface area contributed by atoms with Gasteiger partial charge in [0.1, 0.15) is 0 Å². The molecule has 23 heavy (non-hydrogen) atoms. The standard InChI is InChI=1S/C14H18N4O5/c1-21-11-5-4-9(12(22-2)13(11)23-3)15-6-7-18-8-10(14(19)20)16-17-18/h4-5,8,15H,6-7H2,1-3H3,(H,19,20). The highest BCUT2D eigenvalue weighted by Crippen LogP contribution is 2.42. The number of anilines is 1. The summed E-state index contributed by atoms with van der Waals surface area (Å²) in [6, 6.07) is 3.58. The van der Waals surface area contributed by atoms with Crippen LogP contribution in [0.25, 0.3) is 0 Å². The van der Waals surface area contributed by atoms with Crippen LogP contribution in [-0.2, 0) is 6.54 Å². The number of carboxylic acids is 1. The predicted molar refractivity (Wildman–Crippen MR) is 81.6 cm³/mol. The number of carboxylic acid groups (broad SMARTS) is 1. The average molecular weight is 322 g/mol. The van der Waals surface area contributed by atoms with Crippen molar-refractivity contribution in [3.05, 3.63) is 24.0 Å². The van der Waals surface area contributed by atoms with E-state index in [1.165, 1.54) is 18.0 Å². The maximum atomic E-state index is 10.8. The fourth-order valence-corrected chi connectivity index (χ4v) is 2.05. The van der Waals surface area contributed by atoms with Crippen molar-refractivity contribution < 1.29 is 24.1 Å². The van der Waals surface area contributed by atoms with Crippen molar-refractivity contribution in [2.75, 3.05) is 33.2 Å². The van der Waals surface area contributed by atoms with E-state index >= 15 is 0 Å². The lowest BCUT2D eigenvalue weighted by molar-refractivity contribution is 0.0690. The number of hydrogen-bond acceptors (Lipinski definition) is 7. The topological polar surface area (TPSA) is 108 Å². The van der Waals surface area contributed by atoms with Crippen molar-refractivity contribution in [2.24, 2.45) is 0 Å². The molecule has 0 atom stereocenters. The maximum Gasteiger partial charge on any atom is 0.358 e. The highest BCUT2D eigenvalue weighted by Gasteiger charge is 2.15. The van der Waals surface area contributed by atoms with E-state index in [9.17, 15) is 4.79 Å². The van der Waals surface area contributed by atoms with E-state index in [0.717, 1.165) is 5.69 Å². The fraction of sp³-hybridized carbons (Fsp3) is 0.357. The molecular formula is C14H18N4O5. The summed E-state index contributed by atoms with van der Waals surface area (Å²) in [7, 11) is 4.63. The molecule has 1 aromatic carbocycles. The lowest BCUT2D eigenvalue weighted by Gasteiger charge is -2.16. The number of hydrogen-bond donors (Lipinski definition) is 2. The average Bonchev–Trinajstić information content (AvgIpc) is 3.03. The van der Waals surface area contributed by atoms with Crippen LogP contribution in [0.4, 0.5) is 5.69 Å². The van der Waals surface area contributed by atoms with Gasteiger partial charge in [0.25, 0.3) is 0 Å². The first-order valence-corrected chi connectivity index (χ1v) is 6.77. The summed E-state index contributed by atoms with van der Waals surface area (Å²) < 4.78 is 17.3. The highest BCUT2D eigenvalue weighted by molar-refractivity contribution is 5.84. The number of rotatable bonds is 8. The number of nitrogens with zero attached hydrogens (tertiary/aromatic N) is 3. The van der Waals surface area contributed by atoms with Crippen molar-refractivity contribution >= 4 is 11.7 Å². The van der Waals surface area contributed by atoms with Gasteiger partial charge in [0, 0.05) is 6.54 Å². The Bertz CT molecular complexity index is 686. The highest BCUT2D eigenvalue weighted by atomic mass is 16.5. The Labute approximate surface area is 132 Å². The third-order valence-corrected chi connectivity index (χ3v) is 3.12. The van der Waals surface area contributed by atoms with E-state index in [0.29, 0.717) is 30.3 Å². The van der Waals surface area contributed by atoms with Gasteiger partial charge in [-0.05, 0) is 12.1 Å². The molecule has 0 spiro atoms. The molecule has 0 unspecified atom stereocenters. The van der Waals surface area contributed by atoms with Crippen molar-refractivity contribution in [3.8, 4) is 17.2 Å². The molecule has 0 saturated heterocycles. The molecule has 0 radical (unpaired) electrons. The monoisotopic (exact) mass is 322 g/mol. The first-order chi connectivity index (χ1) is 11.1. The third kappa shape index (κ3) is 3.62. The molecule has 2 aromatic rings. The van der Waals surface area contributed by atoms with Crippen molar-refractivity contribution in [1.82, 2.24) is 15.0 Å². The van der Waals surface area contributed by atoms with Gasteiger partial charge in [-0.15, -0.1) is 5.10 Å². The van der Waals surface area contributed by atoms with Gasteiger partial charge in [0.05, 0.1) is 39.8 Å². The van der Waals surface area contributed by atoms with Crippen LogP contribution in [0.3, 0.4) is 0 Å². The van der Waals surface area contributed by atoms with Crippen molar-refractivity contribution in [3.63, 3.8) is 0 Å². The Morgan fingerprint density at radius 2 is 1.96 bits per heavy atom. The van der Waals surface area contributed by atoms with Crippen LogP contribution in [0.1, 0.15) is 10.5 Å². The molecule has 0 aliphatic carbocycles. The Hall–Kier alpha value is -2.97. The molecule has 0 fully saturated rings. The van der Waals surface area contributed by atoms with Gasteiger partial charge in [-0.3, -0.25) is 0 Å². The molecule has 2 N–H and O–H groups in total. The van der Waals surface area contributed by atoms with E-state index < -0.39 is 5.97 Å². The van der Waals surface area contributed by atoms with Crippen LogP contribution in [0, 0.1) is 0 Å². The normalized spacial score (nSPS) is 10.2. The summed E-state index contributed by atoms with van der Waals surface area (Å²) in [5.74, 6) is 0.480. The molecule has 0 aliphatic heterocycles. The Balaban J connectivity index is 2.06. The summed E-state index contributed by atoms with van der Waals surface area (Å²) in [4.78, 5) is 10.8. The Kier molecular flexibility index (Phi) is 5.23. The van der Waals surface area contributed by atoms with Crippen molar-refractivity contribution in [2.45, 2.75) is 6.54 Å². The fourth-order valence-electron chi connectivity index (χ4n) is 2.05. The van der Waals surface area contributed by atoms with E-state index in [1.807, 2.05) is 6.07 Å². The number of benzene rings is 1. The molecule has 0 bridgehead atoms. The van der Waals surface area contributed by atoms with Crippen LogP contribution < -0.4 is 19.5 Å². The largest absolute Gasteiger partial charge is 0.493 e. The molecule has 0 amide bonds. The van der Waals surface area contributed by atoms with Crippen molar-refractivity contribution in [1.29, 1.82) is 0 Å². The zero-order valence-electron chi connectivity index (χ0n) is 13.1. The predicted octanol–water partition coefficient (Wildman–Crippen LogP) is 1.11. The van der Waals surface area contributed by atoms with E-state index in [2.05, 4.69) is 15.6 Å². The molecule has 1 aromatic heterocycles. The smallest absolute Gasteiger partial charge is 0.358 e. The number of methoxy groups -OCH3 is 3. The summed E-state index contributed by atoms with van der Waals surface area (Å²) in [6.07, 6.45) is 1.37. The zero-order chi connectivity index (χ0) is 16.8. The quantitative estimate of drug-likeness (QED) is 0.744. The first kappa shape index (κ1) is 16.4. The summed E-state index contributed by atoms with van der Waals surface area (Å²) >= 11 is 0. The molecule has 0 aliphatic rings. The van der Waals surface area contributed by atoms with Gasteiger partial charge in [0.15, 0.2) is 17.2 Å². The minimum absolute atomic E-state index is 0.0892. The van der Waals surface area contributed by atoms with Gasteiger partial charge >= 0.3 is 5.97 Å². The lowest BCUT2D eigenvalue weighted by atomic mass is 10.2. The second kappa shape index (κ2) is 7.34. The van der Waals surface area contributed by atoms with Gasteiger partial charge < -0.3 is 24.6 Å². The second-order valence-corrected chi connectivity index (χ2v) is 4.48. The Morgan fingerprint density at radius 3 is 2.52 bits per heavy atom. The van der Waals surface area contributed by atoms with Gasteiger partial charge in [-0.1, -0.05) is 5.21 Å². The minimum atomic E-state index is -1.11. The van der Waals surface area contributed by atoms with Crippen LogP contribution in [-0.4, -0.2) is 53.9 Å². The molecule has 0 saturated carbocycles. The number of ether oxygens (including phenoxy) is 3. The van der Waals surface area contributed by atoms with Gasteiger partial charge in [0.2, 0.25) is 5.75 Å². The number of carbonyl (C=O) groups is 1. The molecular weight excluding hydrogens is 304 g/mol. The van der Waals surface area contributed by atoms with Crippen LogP contribution >= 0.6 is 0 Å². The van der Waals surface area contributed by atoms with E-state index in [1.54, 1.807) is 20.3 Å². The lowest BCUT2D eigenvalue weighted by Crippen LogP contribution is -2.12. The first-order valence-electron chi connectivity index (χ1n) is 6.77. The van der Waals surface area contributed by atoms with Gasteiger partial charge in [-0.2, -0.15) is 0 Å². The van der Waals surface area contributed by atoms with Crippen LogP contribution in [0.15, 0.2) is 18.3 Å². The third-order valence-electron chi connectivity index (χ3n) is 3.12. The van der Waals surface area contributed by atoms with E-state index in [-0.39, 0.29) is 5.69 Å². The molecule has 2 rings (SSSR count). The number of aromatic nitrogens is 3. The maximum absolute atomic E-state index is 10.8. The van der Waals surface area contributed by atoms with E-state index in [4.69, 9.17) is 19.3 Å². The zero-order valence-corrected chi connectivity index (χ0v) is 13.1. The Morgan fingerprint density at radius 1 is 1.22 bits per heavy atom. The summed E-state index contributed by atoms with van der Waals surface area (Å²) in [5, 5.41) is 19.3. The molecule has 9 nitrogen and oxygen atoms in total. The van der Waals surface area contributed by atoms with Gasteiger partial charge in [-0.25, -0.2) is 9.48 Å². The van der Waals surface area contributed by atoms with Crippen LogP contribution in [0.5, 0.6) is 17.2 Å². The van der Waals surface area contributed by atoms with Crippen LogP contribution in [0.2, 0.25) is 0 Å². The minimum Gasteiger partial charge on any atom is -0.493 e.